The van der Waals surface area contributed by atoms with Crippen molar-refractivity contribution >= 4 is 83.9 Å². The number of thioether (sulfide) groups is 1. The predicted molar refractivity (Wildman–Crippen MR) is 572 cm³/mol. The number of imidazole rings is 6. The van der Waals surface area contributed by atoms with Crippen molar-refractivity contribution in [3.8, 4) is 46.0 Å². The average Bonchev–Trinajstić information content (AvgIpc) is 1.64. The minimum absolute atomic E-state index is 0.308. The quantitative estimate of drug-likeness (QED) is 0.0356. The summed E-state index contributed by atoms with van der Waals surface area (Å²) in [6, 6.07) is 97.6. The number of aliphatic carboxylic acids is 1. The van der Waals surface area contributed by atoms with Crippen molar-refractivity contribution in [3.05, 3.63) is 343 Å². The van der Waals surface area contributed by atoms with E-state index >= 15 is 0 Å². The molecule has 0 atom stereocenters. The van der Waals surface area contributed by atoms with Gasteiger partial charge in [-0.1, -0.05) is 222 Å². The summed E-state index contributed by atoms with van der Waals surface area (Å²) in [5.41, 5.74) is 16.8. The molecule has 0 amide bonds. The van der Waals surface area contributed by atoms with Crippen LogP contribution in [0.2, 0.25) is 0 Å². The third-order valence-electron chi connectivity index (χ3n) is 22.9. The van der Waals surface area contributed by atoms with Crippen molar-refractivity contribution in [2.24, 2.45) is 35.5 Å². The zero-order chi connectivity index (χ0) is 99.7. The van der Waals surface area contributed by atoms with Gasteiger partial charge in [-0.2, -0.15) is 0 Å². The van der Waals surface area contributed by atoms with Crippen LogP contribution in [0.15, 0.2) is 296 Å². The number of ether oxygens (including phenoxy) is 8. The number of carboxylic acids is 1. The Morgan fingerprint density at radius 1 is 0.298 bits per heavy atom. The molecule has 6 aromatic heterocycles. The first kappa shape index (κ1) is 104. The van der Waals surface area contributed by atoms with Crippen LogP contribution in [0.3, 0.4) is 0 Å². The molecule has 0 aliphatic rings. The molecule has 0 spiro atoms. The van der Waals surface area contributed by atoms with Gasteiger partial charge in [0.25, 0.3) is 0 Å². The van der Waals surface area contributed by atoms with Gasteiger partial charge in [0.1, 0.15) is 101 Å². The highest BCUT2D eigenvalue weighted by atomic mass is 32.2. The van der Waals surface area contributed by atoms with E-state index in [-0.39, 0.29) is 6.61 Å². The number of methoxy groups -OCH3 is 2. The molecule has 0 saturated heterocycles. The summed E-state index contributed by atoms with van der Waals surface area (Å²) >= 11 is 1.85. The van der Waals surface area contributed by atoms with E-state index < -0.39 is 5.97 Å². The molecule has 18 aromatic rings. The van der Waals surface area contributed by atoms with Gasteiger partial charge in [0.2, 0.25) is 0 Å². The van der Waals surface area contributed by atoms with Crippen LogP contribution < -0.4 is 37.9 Å². The lowest BCUT2D eigenvalue weighted by atomic mass is 10.1. The maximum Gasteiger partial charge on any atom is 0.341 e. The Hall–Kier alpha value is -14.3. The molecule has 0 fully saturated rings. The molecule has 0 radical (unpaired) electrons. The standard InChI is InChI=1S/C22H26N2O5.C21H26N2O2.C19H22N2O2.C19H22N2O.C19H22N2.C18H20N2S/c1-4-27-16-6-5-7-17(10-16)28-13-21-23-19-9-8-18(29-14-22(25)26)11-20(19)24(21)12-15(2)3;1-5-25-18-9-10-20-19(13-18)22-21(23(20)14-15(2)3)12-16-7-6-8-17(11-16)24-4;1-14(2)12-21-18-10-5-4-9-17(18)20-19(21)13-23-16-8-6-7-15(11-16)22-3;1-14(2)12-21-18-7-5-4-6-17(18)20-19(21)13-22-16-10-8-15(3)9-11-16;1-15(2)14-21-18-11-7-6-10-17(18)20-19(21)13-12-16-8-4-3-5-9-16;1-14(2)12-20-17-11-7-6-10-16(17)19-18(20)13-21-15-8-4-3-5-9-15/h5-11,15H,4,12-14H2,1-3H3,(H,25,26);6-11,13,15H,5,12,14H2,1-4H3;4-11,14H,12-13H2,1-3H3;4-11,14H,12-13H2,1-3H3;3-11,15H,12-14H2,1-2H3;3-11,14H,12-13H2,1-2H3. The predicted octanol–water partition coefficient (Wildman–Crippen LogP) is 27.1. The molecule has 0 bridgehead atoms. The minimum Gasteiger partial charge on any atom is -0.497 e. The number of benzene rings is 12. The van der Waals surface area contributed by atoms with Crippen LogP contribution in [0.5, 0.6) is 46.0 Å². The maximum absolute atomic E-state index is 10.8. The summed E-state index contributed by atoms with van der Waals surface area (Å²) in [4.78, 5) is 40.8. The number of fused-ring (bicyclic) bond motifs is 6. The summed E-state index contributed by atoms with van der Waals surface area (Å²) < 4.78 is 58.6. The molecule has 18 rings (SSSR count). The molecule has 12 aromatic carbocycles. The first-order valence-corrected chi connectivity index (χ1v) is 50.2. The van der Waals surface area contributed by atoms with Crippen LogP contribution in [-0.2, 0) is 88.9 Å². The fourth-order valence-corrected chi connectivity index (χ4v) is 17.5. The number of para-hydroxylation sites is 8. The number of hydrogen-bond donors (Lipinski definition) is 1. The zero-order valence-corrected chi connectivity index (χ0v) is 85.7. The van der Waals surface area contributed by atoms with Crippen molar-refractivity contribution in [1.29, 1.82) is 0 Å². The zero-order valence-electron chi connectivity index (χ0n) is 84.9. The second-order valence-electron chi connectivity index (χ2n) is 37.4. The Kier molecular flexibility index (Phi) is 38.4. The summed E-state index contributed by atoms with van der Waals surface area (Å²) in [7, 11) is 3.35. The summed E-state index contributed by atoms with van der Waals surface area (Å²) in [5, 5.41) is 8.83. The number of nitrogens with zero attached hydrogens (tertiary/aromatic N) is 12. The van der Waals surface area contributed by atoms with Crippen molar-refractivity contribution in [1.82, 2.24) is 57.3 Å². The maximum atomic E-state index is 10.8. The van der Waals surface area contributed by atoms with Crippen LogP contribution in [0.4, 0.5) is 0 Å². The van der Waals surface area contributed by atoms with E-state index in [1.165, 1.54) is 49.8 Å². The Morgan fingerprint density at radius 3 is 1.11 bits per heavy atom. The average molecular weight is 1920 g/mol. The first-order chi connectivity index (χ1) is 68.3. The van der Waals surface area contributed by atoms with E-state index in [2.05, 4.69) is 281 Å². The first-order valence-electron chi connectivity index (χ1n) is 49.2. The van der Waals surface area contributed by atoms with Crippen molar-refractivity contribution in [3.63, 3.8) is 0 Å². The molecule has 736 valence electrons. The van der Waals surface area contributed by atoms with E-state index in [1.807, 2.05) is 147 Å². The number of hydrogen-bond acceptors (Lipinski definition) is 16. The van der Waals surface area contributed by atoms with Gasteiger partial charge in [0.15, 0.2) is 6.61 Å². The Morgan fingerprint density at radius 2 is 0.638 bits per heavy atom. The van der Waals surface area contributed by atoms with Crippen LogP contribution in [0.25, 0.3) is 66.2 Å². The topological polar surface area (TPSA) is 218 Å². The van der Waals surface area contributed by atoms with Gasteiger partial charge in [0, 0.05) is 81.3 Å². The second kappa shape index (κ2) is 52.1. The van der Waals surface area contributed by atoms with Gasteiger partial charge in [-0.25, -0.2) is 34.7 Å². The number of rotatable bonds is 38. The lowest BCUT2D eigenvalue weighted by Gasteiger charge is -2.13. The minimum atomic E-state index is -1.01. The Bertz CT molecular complexity index is 6830. The smallest absolute Gasteiger partial charge is 0.341 e. The molecule has 23 heteroatoms. The highest BCUT2D eigenvalue weighted by molar-refractivity contribution is 7.98. The van der Waals surface area contributed by atoms with E-state index in [4.69, 9.17) is 72.9 Å². The third-order valence-corrected chi connectivity index (χ3v) is 23.9. The molecule has 22 nitrogen and oxygen atoms in total. The lowest BCUT2D eigenvalue weighted by Crippen LogP contribution is -2.11. The van der Waals surface area contributed by atoms with Crippen LogP contribution in [0, 0.1) is 42.4 Å². The number of carboxylic acid groups (broad SMARTS) is 1. The molecule has 141 heavy (non-hydrogen) atoms. The molecule has 0 unspecified atom stereocenters. The summed E-state index contributed by atoms with van der Waals surface area (Å²) in [6.45, 7) is 40.4. The second-order valence-corrected chi connectivity index (χ2v) is 38.5. The largest absolute Gasteiger partial charge is 0.497 e. The normalized spacial score (nSPS) is 11.2. The molecular weight excluding hydrogens is 1780 g/mol. The van der Waals surface area contributed by atoms with Crippen LogP contribution in [-0.4, -0.2) is 102 Å². The molecule has 0 saturated carbocycles. The van der Waals surface area contributed by atoms with E-state index in [9.17, 15) is 4.79 Å². The van der Waals surface area contributed by atoms with Crippen molar-refractivity contribution in [2.75, 3.05) is 34.0 Å². The number of carbonyl (C=O) groups is 1. The molecule has 1 N–H and O–H groups in total. The Balaban J connectivity index is 0.000000143. The fraction of sp³-hybridized carbons (Fsp3) is 0.331. The van der Waals surface area contributed by atoms with Gasteiger partial charge in [-0.3, -0.25) is 0 Å². The van der Waals surface area contributed by atoms with Gasteiger partial charge in [0.05, 0.1) is 99.4 Å². The molecule has 0 aliphatic carbocycles. The van der Waals surface area contributed by atoms with Gasteiger partial charge in [-0.05, 0) is 207 Å². The molecule has 6 heterocycles. The number of aryl methyl sites for hydroxylation is 3. The summed E-state index contributed by atoms with van der Waals surface area (Å²) in [5.74, 6) is 15.5. The van der Waals surface area contributed by atoms with E-state index in [0.717, 1.165) is 172 Å². The lowest BCUT2D eigenvalue weighted by molar-refractivity contribution is -0.139. The van der Waals surface area contributed by atoms with Gasteiger partial charge in [-0.15, -0.1) is 11.8 Å². The van der Waals surface area contributed by atoms with Gasteiger partial charge < -0.3 is 70.4 Å². The molecular formula is C118H138N12O10S. The van der Waals surface area contributed by atoms with Crippen molar-refractivity contribution < 1.29 is 47.8 Å². The van der Waals surface area contributed by atoms with Crippen LogP contribution >= 0.6 is 11.8 Å². The van der Waals surface area contributed by atoms with Crippen molar-refractivity contribution in [2.45, 2.75) is 193 Å². The Labute approximate surface area is 835 Å². The van der Waals surface area contributed by atoms with Gasteiger partial charge >= 0.3 is 5.97 Å². The van der Waals surface area contributed by atoms with Crippen LogP contribution in [0.1, 0.15) is 149 Å². The van der Waals surface area contributed by atoms with E-state index in [0.29, 0.717) is 80.0 Å². The molecule has 0 aliphatic heterocycles. The SMILES string of the molecule is CC(C)Cn1c(CCc2ccccc2)nc2ccccc21.CC(C)Cn1c(CSc2ccccc2)nc2ccccc21.CCOc1ccc2c(c1)nc(Cc1cccc(OC)c1)n2CC(C)C.CCOc1cccc(OCc2nc3ccc(OCC(=O)O)cc3n2CC(C)C)c1.COc1cccc(OCc2nc3ccccc3n2CC(C)C)c1.Cc1ccc(OCc2nc3ccccc3n2CC(C)C)cc1. The highest BCUT2D eigenvalue weighted by Crippen LogP contribution is 2.33. The monoisotopic (exact) mass is 1920 g/mol. The summed E-state index contributed by atoms with van der Waals surface area (Å²) in [6.07, 6.45) is 2.82. The number of aromatic nitrogens is 12. The highest BCUT2D eigenvalue weighted by Gasteiger charge is 2.21. The third kappa shape index (κ3) is 30.4. The fourth-order valence-electron chi connectivity index (χ4n) is 16.6. The van der Waals surface area contributed by atoms with E-state index in [1.54, 1.807) is 20.3 Å².